The van der Waals surface area contributed by atoms with Crippen LogP contribution < -0.4 is 20.1 Å². The van der Waals surface area contributed by atoms with Crippen molar-refractivity contribution in [3.63, 3.8) is 0 Å². The van der Waals surface area contributed by atoms with Gasteiger partial charge in [0.25, 0.3) is 0 Å². The first-order valence-electron chi connectivity index (χ1n) is 14.9. The molecule has 0 spiro atoms. The monoisotopic (exact) mass is 592 g/mol. The van der Waals surface area contributed by atoms with Crippen molar-refractivity contribution in [3.05, 3.63) is 113 Å². The van der Waals surface area contributed by atoms with Crippen molar-refractivity contribution in [1.82, 2.24) is 14.1 Å². The van der Waals surface area contributed by atoms with Crippen molar-refractivity contribution < 1.29 is 19.4 Å². The van der Waals surface area contributed by atoms with Gasteiger partial charge in [0.15, 0.2) is 0 Å². The highest BCUT2D eigenvalue weighted by molar-refractivity contribution is 5.82. The fraction of sp³-hybridized carbons (Fsp3) is 0.286. The van der Waals surface area contributed by atoms with Gasteiger partial charge in [-0.05, 0) is 54.2 Å². The van der Waals surface area contributed by atoms with Gasteiger partial charge in [-0.2, -0.15) is 4.98 Å². The maximum atomic E-state index is 13.7. The lowest BCUT2D eigenvalue weighted by molar-refractivity contribution is -0.143. The van der Waals surface area contributed by atoms with Gasteiger partial charge < -0.3 is 19.5 Å². The van der Waals surface area contributed by atoms with Gasteiger partial charge in [0, 0.05) is 31.9 Å². The van der Waals surface area contributed by atoms with Gasteiger partial charge in [0.1, 0.15) is 18.9 Å². The van der Waals surface area contributed by atoms with Crippen LogP contribution in [0.15, 0.2) is 95.8 Å². The number of imidazole rings is 1. The van der Waals surface area contributed by atoms with E-state index in [0.717, 1.165) is 53.8 Å². The number of carboxylic acid groups (broad SMARTS) is 1. The minimum atomic E-state index is -0.737. The number of rotatable bonds is 10. The molecule has 0 aliphatic carbocycles. The number of nitrogens with zero attached hydrogens (tertiary/aromatic N) is 4. The second kappa shape index (κ2) is 12.7. The summed E-state index contributed by atoms with van der Waals surface area (Å²) in [5.74, 6) is -0.223. The molecule has 1 aliphatic heterocycles. The Balaban J connectivity index is 1.31. The predicted molar refractivity (Wildman–Crippen MR) is 170 cm³/mol. The van der Waals surface area contributed by atoms with Crippen LogP contribution in [0.5, 0.6) is 11.8 Å². The standard InChI is InChI=1S/C35H36N4O5/c1-24(34(40)41)27-17-19-38(20-18-27)28-13-14-29-31(21-28)37(2)35(42)39(29)30-15-16-32(43-22-25-9-5-3-6-10-25)36-33(30)44-23-26-11-7-4-8-12-26/h3-16,21,24,27H,17-20,22-23H2,1-2H3,(H,40,41). The van der Waals surface area contributed by atoms with Gasteiger partial charge in [-0.3, -0.25) is 13.9 Å². The molecule has 226 valence electrons. The molecule has 5 aromatic rings. The normalized spacial score (nSPS) is 14.5. The zero-order valence-corrected chi connectivity index (χ0v) is 24.9. The highest BCUT2D eigenvalue weighted by Crippen LogP contribution is 2.32. The second-order valence-electron chi connectivity index (χ2n) is 11.3. The maximum Gasteiger partial charge on any atom is 0.333 e. The number of ether oxygens (including phenoxy) is 2. The van der Waals surface area contributed by atoms with Crippen molar-refractivity contribution in [2.75, 3.05) is 18.0 Å². The summed E-state index contributed by atoms with van der Waals surface area (Å²) >= 11 is 0. The van der Waals surface area contributed by atoms with Crippen LogP contribution in [0.3, 0.4) is 0 Å². The smallest absolute Gasteiger partial charge is 0.333 e. The molecule has 6 rings (SSSR count). The summed E-state index contributed by atoms with van der Waals surface area (Å²) in [6, 6.07) is 29.3. The number of aryl methyl sites for hydroxylation is 1. The number of aromatic nitrogens is 3. The number of hydrogen-bond donors (Lipinski definition) is 1. The van der Waals surface area contributed by atoms with Crippen molar-refractivity contribution in [2.45, 2.75) is 33.0 Å². The van der Waals surface area contributed by atoms with Gasteiger partial charge in [-0.25, -0.2) is 4.79 Å². The molecule has 9 heteroatoms. The summed E-state index contributed by atoms with van der Waals surface area (Å²) in [7, 11) is 1.76. The number of carbonyl (C=O) groups is 1. The molecular weight excluding hydrogens is 556 g/mol. The number of aliphatic carboxylic acids is 1. The molecule has 44 heavy (non-hydrogen) atoms. The van der Waals surface area contributed by atoms with Crippen molar-refractivity contribution in [2.24, 2.45) is 18.9 Å². The van der Waals surface area contributed by atoms with E-state index in [1.807, 2.05) is 84.9 Å². The van der Waals surface area contributed by atoms with Crippen LogP contribution in [-0.4, -0.2) is 38.3 Å². The number of benzene rings is 3. The number of pyridine rings is 1. The van der Waals surface area contributed by atoms with E-state index in [1.165, 1.54) is 0 Å². The van der Waals surface area contributed by atoms with E-state index in [1.54, 1.807) is 29.2 Å². The van der Waals surface area contributed by atoms with E-state index in [4.69, 9.17) is 14.5 Å². The van der Waals surface area contributed by atoms with Crippen molar-refractivity contribution in [1.29, 1.82) is 0 Å². The van der Waals surface area contributed by atoms with Gasteiger partial charge in [0.2, 0.25) is 11.8 Å². The minimum absolute atomic E-state index is 0.166. The molecule has 0 radical (unpaired) electrons. The molecule has 0 amide bonds. The molecule has 1 N–H and O–H groups in total. The summed E-state index contributed by atoms with van der Waals surface area (Å²) in [5.41, 5.74) is 4.84. The molecule has 1 unspecified atom stereocenters. The molecule has 1 atom stereocenters. The first-order valence-corrected chi connectivity index (χ1v) is 14.9. The summed E-state index contributed by atoms with van der Waals surface area (Å²) in [6.45, 7) is 3.97. The van der Waals surface area contributed by atoms with E-state index >= 15 is 0 Å². The fourth-order valence-electron chi connectivity index (χ4n) is 5.84. The quantitative estimate of drug-likeness (QED) is 0.218. The molecular formula is C35H36N4O5. The summed E-state index contributed by atoms with van der Waals surface area (Å²) in [5, 5.41) is 9.42. The number of carboxylic acids is 1. The maximum absolute atomic E-state index is 13.7. The third kappa shape index (κ3) is 6.04. The van der Waals surface area contributed by atoms with Crippen LogP contribution in [-0.2, 0) is 25.1 Å². The third-order valence-corrected chi connectivity index (χ3v) is 8.54. The molecule has 2 aromatic heterocycles. The van der Waals surface area contributed by atoms with E-state index in [2.05, 4.69) is 4.90 Å². The molecule has 1 aliphatic rings. The van der Waals surface area contributed by atoms with Crippen LogP contribution in [0.25, 0.3) is 16.7 Å². The topological polar surface area (TPSA) is 98.8 Å². The average molecular weight is 593 g/mol. The Labute approximate surface area is 255 Å². The summed E-state index contributed by atoms with van der Waals surface area (Å²) in [4.78, 5) is 32.1. The molecule has 3 heterocycles. The van der Waals surface area contributed by atoms with Crippen LogP contribution in [0.4, 0.5) is 5.69 Å². The fourth-order valence-corrected chi connectivity index (χ4v) is 5.84. The first kappa shape index (κ1) is 29.0. The van der Waals surface area contributed by atoms with Crippen LogP contribution >= 0.6 is 0 Å². The zero-order valence-electron chi connectivity index (χ0n) is 24.9. The molecule has 9 nitrogen and oxygen atoms in total. The Morgan fingerprint density at radius 1 is 0.886 bits per heavy atom. The van der Waals surface area contributed by atoms with Crippen LogP contribution in [0, 0.1) is 11.8 Å². The van der Waals surface area contributed by atoms with E-state index in [-0.39, 0.29) is 24.1 Å². The Kier molecular flexibility index (Phi) is 8.36. The van der Waals surface area contributed by atoms with Crippen molar-refractivity contribution in [3.8, 4) is 17.4 Å². The number of anilines is 1. The summed E-state index contributed by atoms with van der Waals surface area (Å²) in [6.07, 6.45) is 1.63. The van der Waals surface area contributed by atoms with Gasteiger partial charge in [-0.1, -0.05) is 67.6 Å². The second-order valence-corrected chi connectivity index (χ2v) is 11.3. The van der Waals surface area contributed by atoms with Gasteiger partial charge in [-0.15, -0.1) is 0 Å². The number of fused-ring (bicyclic) bond motifs is 1. The van der Waals surface area contributed by atoms with E-state index in [0.29, 0.717) is 24.1 Å². The lowest BCUT2D eigenvalue weighted by Gasteiger charge is -2.35. The predicted octanol–water partition coefficient (Wildman–Crippen LogP) is 5.82. The lowest BCUT2D eigenvalue weighted by Crippen LogP contribution is -2.37. The number of piperidine rings is 1. The largest absolute Gasteiger partial charge is 0.481 e. The molecule has 1 fully saturated rings. The SMILES string of the molecule is CC(C(=O)O)C1CCN(c2ccc3c(c2)n(C)c(=O)n3-c2ccc(OCc3ccccc3)nc2OCc2ccccc2)CC1. The third-order valence-electron chi connectivity index (χ3n) is 8.54. The molecule has 0 saturated carbocycles. The lowest BCUT2D eigenvalue weighted by atomic mass is 9.85. The highest BCUT2D eigenvalue weighted by Gasteiger charge is 2.28. The van der Waals surface area contributed by atoms with Crippen molar-refractivity contribution >= 4 is 22.7 Å². The van der Waals surface area contributed by atoms with Gasteiger partial charge in [0.05, 0.1) is 17.0 Å². The molecule has 1 saturated heterocycles. The Hall–Kier alpha value is -5.05. The van der Waals surface area contributed by atoms with E-state index < -0.39 is 5.97 Å². The van der Waals surface area contributed by atoms with E-state index in [9.17, 15) is 14.7 Å². The molecule has 3 aromatic carbocycles. The minimum Gasteiger partial charge on any atom is -0.481 e. The number of hydrogen-bond acceptors (Lipinski definition) is 6. The Morgan fingerprint density at radius 2 is 1.52 bits per heavy atom. The van der Waals surface area contributed by atoms with Gasteiger partial charge >= 0.3 is 11.7 Å². The zero-order chi connectivity index (χ0) is 30.6. The van der Waals surface area contributed by atoms with Crippen LogP contribution in [0.2, 0.25) is 0 Å². The first-order chi connectivity index (χ1) is 21.4. The molecule has 0 bridgehead atoms. The van der Waals surface area contributed by atoms with Crippen LogP contribution in [0.1, 0.15) is 30.9 Å². The Morgan fingerprint density at radius 3 is 2.16 bits per heavy atom. The summed E-state index contributed by atoms with van der Waals surface area (Å²) < 4.78 is 15.5. The average Bonchev–Trinajstić information content (AvgIpc) is 3.31. The Bertz CT molecular complexity index is 1810. The highest BCUT2D eigenvalue weighted by atomic mass is 16.5.